The van der Waals surface area contributed by atoms with Crippen molar-refractivity contribution < 1.29 is 31.9 Å². The second-order valence-electron chi connectivity index (χ2n) is 7.71. The number of methoxy groups -OCH3 is 1. The average molecular weight is 529 g/mol. The predicted molar refractivity (Wildman–Crippen MR) is 122 cm³/mol. The van der Waals surface area contributed by atoms with Crippen molar-refractivity contribution in [3.8, 4) is 11.4 Å². The first-order valence-electron chi connectivity index (χ1n) is 10.6. The van der Waals surface area contributed by atoms with Gasteiger partial charge in [0.1, 0.15) is 12.4 Å². The molecule has 192 valence electrons. The number of nitrogens with one attached hydrogen (secondary N) is 1. The number of alkyl halides is 3. The molecule has 1 heterocycles. The van der Waals surface area contributed by atoms with Crippen LogP contribution in [0.3, 0.4) is 0 Å². The van der Waals surface area contributed by atoms with Gasteiger partial charge in [0.05, 0.1) is 26.0 Å². The Morgan fingerprint density at radius 1 is 1.14 bits per heavy atom. The van der Waals surface area contributed by atoms with Crippen LogP contribution in [-0.4, -0.2) is 39.5 Å². The molecule has 1 aromatic heterocycles. The molecular formula is C23H21ClF4N4O4. The highest BCUT2D eigenvalue weighted by Gasteiger charge is 2.29. The number of aromatic nitrogens is 3. The summed E-state index contributed by atoms with van der Waals surface area (Å²) in [5, 5.41) is 6.88. The first-order chi connectivity index (χ1) is 17.0. The van der Waals surface area contributed by atoms with E-state index in [9.17, 15) is 31.9 Å². The molecule has 1 atom stereocenters. The van der Waals surface area contributed by atoms with E-state index >= 15 is 0 Å². The first kappa shape index (κ1) is 26.9. The predicted octanol–water partition coefficient (Wildman–Crippen LogP) is 3.88. The minimum atomic E-state index is -4.53. The molecule has 1 amide bonds. The summed E-state index contributed by atoms with van der Waals surface area (Å²) in [6.07, 6.45) is -6.22. The summed E-state index contributed by atoms with van der Waals surface area (Å²) < 4.78 is 59.0. The van der Waals surface area contributed by atoms with Crippen molar-refractivity contribution in [1.82, 2.24) is 19.7 Å². The summed E-state index contributed by atoms with van der Waals surface area (Å²) in [5.74, 6) is -2.31. The van der Waals surface area contributed by atoms with Gasteiger partial charge in [-0.05, 0) is 30.3 Å². The SMILES string of the molecule is COC(=O)CC(NC(=O)Cn1nc(-c2ccc(Cl)cc2)n(CCC(F)(F)F)c1=O)c1ccccc1F. The van der Waals surface area contributed by atoms with Gasteiger partial charge in [-0.1, -0.05) is 29.8 Å². The molecule has 8 nitrogen and oxygen atoms in total. The Morgan fingerprint density at radius 2 is 1.81 bits per heavy atom. The lowest BCUT2D eigenvalue weighted by atomic mass is 10.0. The molecule has 0 saturated heterocycles. The molecule has 0 spiro atoms. The third-order valence-corrected chi connectivity index (χ3v) is 5.40. The molecule has 1 N–H and O–H groups in total. The second-order valence-corrected chi connectivity index (χ2v) is 8.15. The van der Waals surface area contributed by atoms with Crippen LogP contribution in [0.4, 0.5) is 17.6 Å². The molecule has 3 aromatic rings. The van der Waals surface area contributed by atoms with Gasteiger partial charge in [-0.3, -0.25) is 14.2 Å². The fourth-order valence-corrected chi connectivity index (χ4v) is 3.55. The van der Waals surface area contributed by atoms with E-state index in [0.29, 0.717) is 15.3 Å². The standard InChI is InChI=1S/C23H21ClF4N4O4/c1-36-20(34)12-18(16-4-2-3-5-17(16)25)29-19(33)13-32-22(35)31(11-10-23(26,27)28)21(30-32)14-6-8-15(24)9-7-14/h2-9,18H,10-13H2,1H3,(H,29,33). The number of amides is 1. The van der Waals surface area contributed by atoms with Crippen molar-refractivity contribution in [2.45, 2.75) is 38.1 Å². The number of esters is 1. The van der Waals surface area contributed by atoms with E-state index in [2.05, 4.69) is 15.2 Å². The average Bonchev–Trinajstić information content (AvgIpc) is 3.12. The molecule has 3 rings (SSSR count). The molecule has 0 aliphatic rings. The molecule has 36 heavy (non-hydrogen) atoms. The largest absolute Gasteiger partial charge is 0.469 e. The van der Waals surface area contributed by atoms with E-state index in [1.54, 1.807) is 0 Å². The number of carbonyl (C=O) groups excluding carboxylic acids is 2. The van der Waals surface area contributed by atoms with Gasteiger partial charge in [0.15, 0.2) is 5.82 Å². The highest BCUT2D eigenvalue weighted by molar-refractivity contribution is 6.30. The molecular weight excluding hydrogens is 508 g/mol. The van der Waals surface area contributed by atoms with Crippen LogP contribution in [0.2, 0.25) is 5.02 Å². The molecule has 0 aliphatic carbocycles. The summed E-state index contributed by atoms with van der Waals surface area (Å²) in [6, 6.07) is 10.3. The van der Waals surface area contributed by atoms with Gasteiger partial charge in [0, 0.05) is 22.7 Å². The first-order valence-corrected chi connectivity index (χ1v) is 11.0. The van der Waals surface area contributed by atoms with Crippen LogP contribution >= 0.6 is 11.6 Å². The van der Waals surface area contributed by atoms with Crippen LogP contribution in [0.15, 0.2) is 53.3 Å². The summed E-state index contributed by atoms with van der Waals surface area (Å²) >= 11 is 5.87. The van der Waals surface area contributed by atoms with Gasteiger partial charge in [0.25, 0.3) is 0 Å². The van der Waals surface area contributed by atoms with Gasteiger partial charge in [0.2, 0.25) is 5.91 Å². The molecule has 0 fully saturated rings. The molecule has 13 heteroatoms. The Labute approximate surface area is 207 Å². The monoisotopic (exact) mass is 528 g/mol. The van der Waals surface area contributed by atoms with E-state index in [0.717, 1.165) is 17.7 Å². The van der Waals surface area contributed by atoms with Crippen LogP contribution in [0.25, 0.3) is 11.4 Å². The van der Waals surface area contributed by atoms with Crippen molar-refractivity contribution >= 4 is 23.5 Å². The highest BCUT2D eigenvalue weighted by Crippen LogP contribution is 2.24. The fourth-order valence-electron chi connectivity index (χ4n) is 3.42. The van der Waals surface area contributed by atoms with Crippen molar-refractivity contribution in [2.75, 3.05) is 7.11 Å². The van der Waals surface area contributed by atoms with Crippen LogP contribution < -0.4 is 11.0 Å². The van der Waals surface area contributed by atoms with Crippen molar-refractivity contribution in [3.63, 3.8) is 0 Å². The Hall–Kier alpha value is -3.67. The van der Waals surface area contributed by atoms with Crippen LogP contribution in [-0.2, 0) is 27.4 Å². The number of halogens is 5. The Balaban J connectivity index is 1.90. The smallest absolute Gasteiger partial charge is 0.390 e. The van der Waals surface area contributed by atoms with E-state index in [1.807, 2.05) is 0 Å². The van der Waals surface area contributed by atoms with Crippen molar-refractivity contribution in [3.05, 3.63) is 75.4 Å². The molecule has 0 aliphatic heterocycles. The number of carbonyl (C=O) groups is 2. The number of nitrogens with zero attached hydrogens (tertiary/aromatic N) is 3. The van der Waals surface area contributed by atoms with E-state index in [4.69, 9.17) is 11.6 Å². The summed E-state index contributed by atoms with van der Waals surface area (Å²) in [4.78, 5) is 37.4. The minimum absolute atomic E-state index is 0.0150. The van der Waals surface area contributed by atoms with E-state index in [-0.39, 0.29) is 11.4 Å². The number of ether oxygens (including phenoxy) is 1. The topological polar surface area (TPSA) is 95.2 Å². The maximum atomic E-state index is 14.3. The second kappa shape index (κ2) is 11.4. The van der Waals surface area contributed by atoms with Crippen LogP contribution in [0.5, 0.6) is 0 Å². The van der Waals surface area contributed by atoms with Gasteiger partial charge in [-0.15, -0.1) is 5.10 Å². The summed E-state index contributed by atoms with van der Waals surface area (Å²) in [5.41, 5.74) is -0.622. The van der Waals surface area contributed by atoms with Gasteiger partial charge in [-0.2, -0.15) is 13.2 Å². The van der Waals surface area contributed by atoms with E-state index < -0.39 is 61.5 Å². The maximum Gasteiger partial charge on any atom is 0.390 e. The van der Waals surface area contributed by atoms with Crippen molar-refractivity contribution in [2.24, 2.45) is 0 Å². The molecule has 2 aromatic carbocycles. The van der Waals surface area contributed by atoms with Gasteiger partial charge in [-0.25, -0.2) is 13.9 Å². The van der Waals surface area contributed by atoms with Crippen LogP contribution in [0.1, 0.15) is 24.4 Å². The Bertz CT molecular complexity index is 1290. The molecule has 0 saturated carbocycles. The molecule has 0 radical (unpaired) electrons. The van der Waals surface area contributed by atoms with Gasteiger partial charge < -0.3 is 10.1 Å². The number of rotatable bonds is 9. The third kappa shape index (κ3) is 6.94. The van der Waals surface area contributed by atoms with Gasteiger partial charge >= 0.3 is 17.8 Å². The maximum absolute atomic E-state index is 14.3. The zero-order valence-electron chi connectivity index (χ0n) is 18.9. The Morgan fingerprint density at radius 3 is 2.42 bits per heavy atom. The third-order valence-electron chi connectivity index (χ3n) is 5.15. The number of benzene rings is 2. The fraction of sp³-hybridized carbons (Fsp3) is 0.304. The number of hydrogen-bond acceptors (Lipinski definition) is 5. The normalized spacial score (nSPS) is 12.3. The summed E-state index contributed by atoms with van der Waals surface area (Å²) in [6.45, 7) is -1.41. The molecule has 0 bridgehead atoms. The minimum Gasteiger partial charge on any atom is -0.469 e. The lowest BCUT2D eigenvalue weighted by Gasteiger charge is -2.18. The summed E-state index contributed by atoms with van der Waals surface area (Å²) in [7, 11) is 1.13. The Kier molecular flexibility index (Phi) is 8.51. The number of hydrogen-bond donors (Lipinski definition) is 1. The molecule has 1 unspecified atom stereocenters. The van der Waals surface area contributed by atoms with Crippen molar-refractivity contribution in [1.29, 1.82) is 0 Å². The lowest BCUT2D eigenvalue weighted by molar-refractivity contribution is -0.141. The highest BCUT2D eigenvalue weighted by atomic mass is 35.5. The quantitative estimate of drug-likeness (QED) is 0.336. The van der Waals surface area contributed by atoms with Crippen LogP contribution in [0, 0.1) is 5.82 Å². The lowest BCUT2D eigenvalue weighted by Crippen LogP contribution is -2.37. The zero-order chi connectivity index (χ0) is 26.5. The van der Waals surface area contributed by atoms with E-state index in [1.165, 1.54) is 42.5 Å². The zero-order valence-corrected chi connectivity index (χ0v) is 19.6.